The lowest BCUT2D eigenvalue weighted by atomic mass is 10.0. The van der Waals surface area contributed by atoms with Crippen LogP contribution in [0.15, 0.2) is 48.9 Å². The Hall–Kier alpha value is -2.13. The highest BCUT2D eigenvalue weighted by Crippen LogP contribution is 2.29. The molecule has 0 bridgehead atoms. The summed E-state index contributed by atoms with van der Waals surface area (Å²) in [4.78, 5) is 4.09. The Kier molecular flexibility index (Phi) is 3.76. The fourth-order valence-electron chi connectivity index (χ4n) is 2.83. The Morgan fingerprint density at radius 2 is 1.86 bits per heavy atom. The molecule has 3 aromatic rings. The Morgan fingerprint density at radius 1 is 1.10 bits per heavy atom. The molecule has 0 unspecified atom stereocenters. The molecule has 0 saturated heterocycles. The summed E-state index contributed by atoms with van der Waals surface area (Å²) in [6.07, 6.45) is 6.84. The van der Waals surface area contributed by atoms with Crippen LogP contribution >= 0.6 is 0 Å². The molecule has 0 atom stereocenters. The first-order chi connectivity index (χ1) is 10.2. The van der Waals surface area contributed by atoms with Gasteiger partial charge in [-0.3, -0.25) is 4.98 Å². The van der Waals surface area contributed by atoms with E-state index in [4.69, 9.17) is 5.73 Å². The molecule has 2 aromatic heterocycles. The molecule has 0 amide bonds. The van der Waals surface area contributed by atoms with E-state index in [1.807, 2.05) is 24.5 Å². The molecule has 3 rings (SSSR count). The number of rotatable bonds is 4. The van der Waals surface area contributed by atoms with Gasteiger partial charge >= 0.3 is 0 Å². The zero-order chi connectivity index (χ0) is 14.8. The molecule has 0 fully saturated rings. The van der Waals surface area contributed by atoms with Gasteiger partial charge in [-0.25, -0.2) is 0 Å². The van der Waals surface area contributed by atoms with Crippen LogP contribution in [0, 0.1) is 0 Å². The van der Waals surface area contributed by atoms with Crippen molar-refractivity contribution in [2.75, 3.05) is 6.54 Å². The van der Waals surface area contributed by atoms with E-state index < -0.39 is 0 Å². The fourth-order valence-corrected chi connectivity index (χ4v) is 2.83. The van der Waals surface area contributed by atoms with Crippen LogP contribution in [0.3, 0.4) is 0 Å². The average molecular weight is 279 g/mol. The van der Waals surface area contributed by atoms with E-state index in [1.54, 1.807) is 0 Å². The van der Waals surface area contributed by atoms with Gasteiger partial charge in [-0.05, 0) is 61.7 Å². The molecule has 1 aromatic carbocycles. The predicted octanol–water partition coefficient (Wildman–Crippen LogP) is 3.79. The van der Waals surface area contributed by atoms with Crippen LogP contribution in [-0.4, -0.2) is 16.1 Å². The first-order valence-electron chi connectivity index (χ1n) is 7.44. The Bertz CT molecular complexity index is 742. The SMILES string of the molecule is CC(C)n1cc(CCN)c2ccc(-c3ccncc3)cc21. The molecular weight excluding hydrogens is 258 g/mol. The van der Waals surface area contributed by atoms with Crippen molar-refractivity contribution < 1.29 is 0 Å². The third-order valence-corrected chi connectivity index (χ3v) is 3.90. The maximum absolute atomic E-state index is 5.74. The summed E-state index contributed by atoms with van der Waals surface area (Å²) in [6, 6.07) is 11.2. The number of pyridine rings is 1. The molecule has 3 heteroatoms. The van der Waals surface area contributed by atoms with Crippen LogP contribution in [0.1, 0.15) is 25.5 Å². The van der Waals surface area contributed by atoms with Crippen LogP contribution in [0.25, 0.3) is 22.0 Å². The molecule has 108 valence electrons. The van der Waals surface area contributed by atoms with Crippen LogP contribution in [0.2, 0.25) is 0 Å². The number of benzene rings is 1. The van der Waals surface area contributed by atoms with Crippen molar-refractivity contribution in [1.82, 2.24) is 9.55 Å². The molecule has 0 aliphatic carbocycles. The lowest BCUT2D eigenvalue weighted by molar-refractivity contribution is 0.621. The van der Waals surface area contributed by atoms with E-state index in [0.29, 0.717) is 12.6 Å². The topological polar surface area (TPSA) is 43.8 Å². The van der Waals surface area contributed by atoms with E-state index >= 15 is 0 Å². The summed E-state index contributed by atoms with van der Waals surface area (Å²) >= 11 is 0. The Morgan fingerprint density at radius 3 is 2.52 bits per heavy atom. The van der Waals surface area contributed by atoms with Crippen molar-refractivity contribution in [3.8, 4) is 11.1 Å². The maximum atomic E-state index is 5.74. The summed E-state index contributed by atoms with van der Waals surface area (Å²) in [5, 5.41) is 1.31. The zero-order valence-electron chi connectivity index (χ0n) is 12.6. The Balaban J connectivity index is 2.18. The van der Waals surface area contributed by atoms with E-state index in [0.717, 1.165) is 6.42 Å². The van der Waals surface area contributed by atoms with Gasteiger partial charge in [-0.15, -0.1) is 0 Å². The van der Waals surface area contributed by atoms with E-state index in [2.05, 4.69) is 47.8 Å². The zero-order valence-corrected chi connectivity index (χ0v) is 12.6. The van der Waals surface area contributed by atoms with Gasteiger partial charge in [0.15, 0.2) is 0 Å². The van der Waals surface area contributed by atoms with Crippen LogP contribution in [0.5, 0.6) is 0 Å². The van der Waals surface area contributed by atoms with Gasteiger partial charge in [0.1, 0.15) is 0 Å². The number of aromatic nitrogens is 2. The normalized spacial score (nSPS) is 11.4. The molecule has 0 aliphatic heterocycles. The van der Waals surface area contributed by atoms with Crippen molar-refractivity contribution in [2.24, 2.45) is 5.73 Å². The molecule has 0 spiro atoms. The minimum absolute atomic E-state index is 0.437. The summed E-state index contributed by atoms with van der Waals surface area (Å²) < 4.78 is 2.34. The van der Waals surface area contributed by atoms with Crippen molar-refractivity contribution in [1.29, 1.82) is 0 Å². The molecule has 0 radical (unpaired) electrons. The van der Waals surface area contributed by atoms with Gasteiger partial charge in [0, 0.05) is 35.5 Å². The average Bonchev–Trinajstić information content (AvgIpc) is 2.87. The molecule has 21 heavy (non-hydrogen) atoms. The highest BCUT2D eigenvalue weighted by atomic mass is 15.0. The summed E-state index contributed by atoms with van der Waals surface area (Å²) in [6.45, 7) is 5.11. The number of nitrogens with two attached hydrogens (primary N) is 1. The van der Waals surface area contributed by atoms with E-state index in [1.165, 1.54) is 27.6 Å². The Labute approximate surface area is 125 Å². The second kappa shape index (κ2) is 5.70. The molecule has 0 aliphatic rings. The quantitative estimate of drug-likeness (QED) is 0.789. The van der Waals surface area contributed by atoms with E-state index in [9.17, 15) is 0 Å². The van der Waals surface area contributed by atoms with Gasteiger partial charge in [0.25, 0.3) is 0 Å². The smallest absolute Gasteiger partial charge is 0.0491 e. The van der Waals surface area contributed by atoms with Crippen molar-refractivity contribution in [2.45, 2.75) is 26.3 Å². The molecule has 0 saturated carbocycles. The predicted molar refractivity (Wildman–Crippen MR) is 88.3 cm³/mol. The first-order valence-corrected chi connectivity index (χ1v) is 7.44. The summed E-state index contributed by atoms with van der Waals surface area (Å²) in [5.41, 5.74) is 10.8. The van der Waals surface area contributed by atoms with Crippen LogP contribution in [-0.2, 0) is 6.42 Å². The minimum Gasteiger partial charge on any atom is -0.345 e. The van der Waals surface area contributed by atoms with Gasteiger partial charge in [-0.2, -0.15) is 0 Å². The molecule has 2 heterocycles. The summed E-state index contributed by atoms with van der Waals surface area (Å²) in [5.74, 6) is 0. The number of fused-ring (bicyclic) bond motifs is 1. The highest BCUT2D eigenvalue weighted by Gasteiger charge is 2.11. The second-order valence-electron chi connectivity index (χ2n) is 5.66. The summed E-state index contributed by atoms with van der Waals surface area (Å²) in [7, 11) is 0. The first kappa shape index (κ1) is 13.8. The van der Waals surface area contributed by atoms with Crippen LogP contribution in [0.4, 0.5) is 0 Å². The third kappa shape index (κ3) is 2.57. The number of nitrogens with zero attached hydrogens (tertiary/aromatic N) is 2. The molecule has 2 N–H and O–H groups in total. The fraction of sp³-hybridized carbons (Fsp3) is 0.278. The van der Waals surface area contributed by atoms with Crippen molar-refractivity contribution in [3.63, 3.8) is 0 Å². The van der Waals surface area contributed by atoms with Crippen molar-refractivity contribution >= 4 is 10.9 Å². The maximum Gasteiger partial charge on any atom is 0.0491 e. The van der Waals surface area contributed by atoms with Gasteiger partial charge < -0.3 is 10.3 Å². The van der Waals surface area contributed by atoms with E-state index in [-0.39, 0.29) is 0 Å². The van der Waals surface area contributed by atoms with Crippen molar-refractivity contribution in [3.05, 3.63) is 54.5 Å². The highest BCUT2D eigenvalue weighted by molar-refractivity contribution is 5.88. The number of hydrogen-bond acceptors (Lipinski definition) is 2. The molecular formula is C18H21N3. The minimum atomic E-state index is 0.437. The van der Waals surface area contributed by atoms with Gasteiger partial charge in [0.2, 0.25) is 0 Å². The largest absolute Gasteiger partial charge is 0.345 e. The second-order valence-corrected chi connectivity index (χ2v) is 5.66. The molecule has 3 nitrogen and oxygen atoms in total. The van der Waals surface area contributed by atoms with Gasteiger partial charge in [0.05, 0.1) is 0 Å². The number of hydrogen-bond donors (Lipinski definition) is 1. The van der Waals surface area contributed by atoms with Gasteiger partial charge in [-0.1, -0.05) is 12.1 Å². The standard InChI is InChI=1S/C18H21N3/c1-13(2)21-12-16(5-8-19)17-4-3-15(11-18(17)21)14-6-9-20-10-7-14/h3-4,6-7,9-13H,5,8,19H2,1-2H3. The van der Waals surface area contributed by atoms with Crippen LogP contribution < -0.4 is 5.73 Å². The third-order valence-electron chi connectivity index (χ3n) is 3.90. The lowest BCUT2D eigenvalue weighted by Crippen LogP contribution is -2.02. The lowest BCUT2D eigenvalue weighted by Gasteiger charge is -2.10. The monoisotopic (exact) mass is 279 g/mol.